The molecule has 3 fully saturated rings. The number of aliphatic hydroxyl groups excluding tert-OH is 1. The molecule has 4 rings (SSSR count). The van der Waals surface area contributed by atoms with Gasteiger partial charge in [0.1, 0.15) is 11.9 Å². The molecule has 4 aliphatic rings. The lowest BCUT2D eigenvalue weighted by Crippen LogP contribution is -2.54. The zero-order valence-corrected chi connectivity index (χ0v) is 28.3. The topological polar surface area (TPSA) is 63.6 Å². The minimum absolute atomic E-state index is 0.0395. The number of esters is 1. The Morgan fingerprint density at radius 1 is 0.767 bits per heavy atom. The SMILES string of the molecule is CCCCCCCCCCCCCCCCCCCC(=O)O[C@H]1CC[C@@]2(C)C(=C[C@@H](O)C3C2CC[C@]2(C)C(=O)CCC32)C1. The fourth-order valence-electron chi connectivity index (χ4n) is 9.73. The summed E-state index contributed by atoms with van der Waals surface area (Å²) in [5.74, 6) is 1.31. The molecule has 43 heavy (non-hydrogen) atoms. The predicted molar refractivity (Wildman–Crippen MR) is 177 cm³/mol. The molecule has 0 bridgehead atoms. The summed E-state index contributed by atoms with van der Waals surface area (Å²) in [5.41, 5.74) is 1.13. The number of ketones is 1. The van der Waals surface area contributed by atoms with Crippen molar-refractivity contribution in [1.82, 2.24) is 0 Å². The van der Waals surface area contributed by atoms with Gasteiger partial charge in [-0.1, -0.05) is 135 Å². The van der Waals surface area contributed by atoms with Crippen LogP contribution in [0.1, 0.15) is 181 Å². The highest BCUT2D eigenvalue weighted by atomic mass is 16.5. The number of hydrogen-bond donors (Lipinski definition) is 1. The van der Waals surface area contributed by atoms with Gasteiger partial charge in [0.15, 0.2) is 0 Å². The van der Waals surface area contributed by atoms with E-state index in [9.17, 15) is 14.7 Å². The second kappa shape index (κ2) is 17.0. The zero-order chi connectivity index (χ0) is 30.7. The van der Waals surface area contributed by atoms with Crippen LogP contribution < -0.4 is 0 Å². The van der Waals surface area contributed by atoms with Gasteiger partial charge >= 0.3 is 5.97 Å². The Kier molecular flexibility index (Phi) is 13.7. The maximum absolute atomic E-state index is 12.7. The Hall–Kier alpha value is -1.16. The van der Waals surface area contributed by atoms with Crippen LogP contribution in [0.15, 0.2) is 11.6 Å². The highest BCUT2D eigenvalue weighted by molar-refractivity contribution is 5.87. The first kappa shape index (κ1) is 34.7. The standard InChI is InChI=1S/C39H66O4/c1-4-5-6-7-8-9-10-11-12-13-14-15-16-17-18-19-20-21-36(42)43-31-24-26-38(2)30(28-31)29-34(40)37-32-22-23-35(41)39(32,3)27-25-33(37)38/h29,31-34,37,40H,4-28H2,1-3H3/t31-,32?,33?,34+,37?,38-,39-/m0/s1. The van der Waals surface area contributed by atoms with Crippen molar-refractivity contribution < 1.29 is 19.4 Å². The van der Waals surface area contributed by atoms with E-state index in [4.69, 9.17) is 4.74 Å². The third kappa shape index (κ3) is 8.98. The average Bonchev–Trinajstić information content (AvgIpc) is 3.29. The van der Waals surface area contributed by atoms with E-state index < -0.39 is 6.10 Å². The molecule has 4 aliphatic carbocycles. The van der Waals surface area contributed by atoms with Crippen LogP contribution >= 0.6 is 0 Å². The monoisotopic (exact) mass is 598 g/mol. The number of Topliss-reactive ketones (excluding diaryl/α,β-unsaturated/α-hetero) is 1. The highest BCUT2D eigenvalue weighted by Crippen LogP contribution is 2.64. The molecule has 0 aromatic rings. The molecule has 4 heteroatoms. The summed E-state index contributed by atoms with van der Waals surface area (Å²) in [5, 5.41) is 11.3. The summed E-state index contributed by atoms with van der Waals surface area (Å²) in [6.07, 6.45) is 31.2. The van der Waals surface area contributed by atoms with Crippen LogP contribution in [-0.4, -0.2) is 29.1 Å². The second-order valence-electron chi connectivity index (χ2n) is 15.6. The number of carbonyl (C=O) groups is 2. The Morgan fingerprint density at radius 2 is 1.28 bits per heavy atom. The smallest absolute Gasteiger partial charge is 0.306 e. The summed E-state index contributed by atoms with van der Waals surface area (Å²) in [4.78, 5) is 25.4. The van der Waals surface area contributed by atoms with Crippen molar-refractivity contribution in [3.05, 3.63) is 11.6 Å². The summed E-state index contributed by atoms with van der Waals surface area (Å²) in [6.45, 7) is 6.83. The zero-order valence-electron chi connectivity index (χ0n) is 28.3. The van der Waals surface area contributed by atoms with E-state index in [0.29, 0.717) is 30.5 Å². The van der Waals surface area contributed by atoms with Crippen LogP contribution in [0.2, 0.25) is 0 Å². The minimum Gasteiger partial charge on any atom is -0.462 e. The van der Waals surface area contributed by atoms with Crippen molar-refractivity contribution in [2.75, 3.05) is 0 Å². The Balaban J connectivity index is 1.04. The van der Waals surface area contributed by atoms with Crippen molar-refractivity contribution in [2.45, 2.75) is 193 Å². The molecule has 0 aromatic heterocycles. The van der Waals surface area contributed by atoms with Crippen molar-refractivity contribution in [3.63, 3.8) is 0 Å². The van der Waals surface area contributed by atoms with Crippen molar-refractivity contribution >= 4 is 11.8 Å². The Morgan fingerprint density at radius 3 is 1.86 bits per heavy atom. The third-order valence-electron chi connectivity index (χ3n) is 12.6. The molecule has 3 unspecified atom stereocenters. The summed E-state index contributed by atoms with van der Waals surface area (Å²) in [6, 6.07) is 0. The quantitative estimate of drug-likeness (QED) is 0.0912. The maximum Gasteiger partial charge on any atom is 0.306 e. The number of fused-ring (bicyclic) bond motifs is 5. The number of unbranched alkanes of at least 4 members (excludes halogenated alkanes) is 16. The fraction of sp³-hybridized carbons (Fsp3) is 0.897. The molecule has 0 amide bonds. The number of ether oxygens (including phenoxy) is 1. The van der Waals surface area contributed by atoms with Gasteiger partial charge in [-0.25, -0.2) is 0 Å². The largest absolute Gasteiger partial charge is 0.462 e. The molecular weight excluding hydrogens is 532 g/mol. The van der Waals surface area contributed by atoms with Crippen LogP contribution in [-0.2, 0) is 14.3 Å². The van der Waals surface area contributed by atoms with E-state index in [1.165, 1.54) is 102 Å². The number of carbonyl (C=O) groups excluding carboxylic acids is 2. The Bertz CT molecular complexity index is 909. The minimum atomic E-state index is -0.479. The molecule has 3 saturated carbocycles. The van der Waals surface area contributed by atoms with Crippen LogP contribution in [0.25, 0.3) is 0 Å². The summed E-state index contributed by atoms with van der Waals surface area (Å²) < 4.78 is 5.98. The maximum atomic E-state index is 12.7. The first-order chi connectivity index (χ1) is 20.8. The molecule has 246 valence electrons. The van der Waals surface area contributed by atoms with Gasteiger partial charge in [-0.05, 0) is 61.7 Å². The van der Waals surface area contributed by atoms with Gasteiger partial charge in [0.2, 0.25) is 0 Å². The normalized spacial score (nSPS) is 33.4. The lowest BCUT2D eigenvalue weighted by Gasteiger charge is -2.58. The number of rotatable bonds is 19. The van der Waals surface area contributed by atoms with Crippen molar-refractivity contribution in [1.29, 1.82) is 0 Å². The molecule has 4 nitrogen and oxygen atoms in total. The molecule has 0 saturated heterocycles. The average molecular weight is 599 g/mol. The second-order valence-corrected chi connectivity index (χ2v) is 15.6. The van der Waals surface area contributed by atoms with E-state index in [-0.39, 0.29) is 28.8 Å². The van der Waals surface area contributed by atoms with Gasteiger partial charge in [0.05, 0.1) is 6.10 Å². The van der Waals surface area contributed by atoms with Crippen LogP contribution in [0.4, 0.5) is 0 Å². The summed E-state index contributed by atoms with van der Waals surface area (Å²) in [7, 11) is 0. The molecular formula is C39H66O4. The van der Waals surface area contributed by atoms with Crippen molar-refractivity contribution in [2.24, 2.45) is 28.6 Å². The number of aliphatic hydroxyl groups is 1. The number of hydrogen-bond acceptors (Lipinski definition) is 4. The Labute approximate surface area is 264 Å². The van der Waals surface area contributed by atoms with E-state index in [2.05, 4.69) is 26.8 Å². The lowest BCUT2D eigenvalue weighted by atomic mass is 9.47. The van der Waals surface area contributed by atoms with Gasteiger partial charge in [-0.15, -0.1) is 0 Å². The van der Waals surface area contributed by atoms with Gasteiger partial charge in [0, 0.05) is 24.7 Å². The summed E-state index contributed by atoms with van der Waals surface area (Å²) >= 11 is 0. The van der Waals surface area contributed by atoms with E-state index >= 15 is 0 Å². The highest BCUT2D eigenvalue weighted by Gasteiger charge is 2.60. The van der Waals surface area contributed by atoms with E-state index in [0.717, 1.165) is 51.4 Å². The van der Waals surface area contributed by atoms with E-state index in [1.807, 2.05) is 0 Å². The molecule has 0 aromatic carbocycles. The van der Waals surface area contributed by atoms with Crippen LogP contribution in [0, 0.1) is 28.6 Å². The first-order valence-electron chi connectivity index (χ1n) is 18.9. The molecule has 1 N–H and O–H groups in total. The fourth-order valence-corrected chi connectivity index (χ4v) is 9.73. The molecule has 7 atom stereocenters. The van der Waals surface area contributed by atoms with Crippen LogP contribution in [0.3, 0.4) is 0 Å². The predicted octanol–water partition coefficient (Wildman–Crippen LogP) is 10.4. The van der Waals surface area contributed by atoms with Crippen LogP contribution in [0.5, 0.6) is 0 Å². The van der Waals surface area contributed by atoms with Crippen molar-refractivity contribution in [3.8, 4) is 0 Å². The molecule has 0 spiro atoms. The molecule has 0 radical (unpaired) electrons. The third-order valence-corrected chi connectivity index (χ3v) is 12.6. The first-order valence-corrected chi connectivity index (χ1v) is 18.9. The van der Waals surface area contributed by atoms with Gasteiger partial charge in [-0.2, -0.15) is 0 Å². The van der Waals surface area contributed by atoms with Gasteiger partial charge in [0.25, 0.3) is 0 Å². The molecule has 0 aliphatic heterocycles. The van der Waals surface area contributed by atoms with Gasteiger partial charge in [-0.3, -0.25) is 9.59 Å². The van der Waals surface area contributed by atoms with E-state index in [1.54, 1.807) is 0 Å². The van der Waals surface area contributed by atoms with Gasteiger partial charge < -0.3 is 9.84 Å². The molecule has 0 heterocycles. The lowest BCUT2D eigenvalue weighted by molar-refractivity contribution is -0.152.